The van der Waals surface area contributed by atoms with Crippen LogP contribution in [-0.2, 0) is 11.2 Å². The molecule has 1 unspecified atom stereocenters. The zero-order valence-corrected chi connectivity index (χ0v) is 9.84. The van der Waals surface area contributed by atoms with E-state index in [1.807, 2.05) is 0 Å². The first-order chi connectivity index (χ1) is 8.66. The summed E-state index contributed by atoms with van der Waals surface area (Å²) < 4.78 is 63.0. The molecule has 104 valence electrons. The third-order valence-electron chi connectivity index (χ3n) is 3.05. The van der Waals surface area contributed by atoms with Gasteiger partial charge in [-0.15, -0.1) is 0 Å². The molecule has 0 N–H and O–H groups in total. The lowest BCUT2D eigenvalue weighted by molar-refractivity contribution is -0.268. The highest BCUT2D eigenvalue weighted by Crippen LogP contribution is 2.41. The van der Waals surface area contributed by atoms with Gasteiger partial charge in [0.25, 0.3) is 0 Å². The second kappa shape index (κ2) is 4.18. The number of anilines is 1. The van der Waals surface area contributed by atoms with Crippen LogP contribution < -0.4 is 4.90 Å². The Morgan fingerprint density at radius 1 is 1.21 bits per heavy atom. The van der Waals surface area contributed by atoms with Crippen LogP contribution in [0, 0.1) is 0 Å². The Balaban J connectivity index is 2.41. The van der Waals surface area contributed by atoms with Gasteiger partial charge in [0.15, 0.2) is 0 Å². The van der Waals surface area contributed by atoms with E-state index in [1.165, 1.54) is 19.1 Å². The summed E-state index contributed by atoms with van der Waals surface area (Å²) in [7, 11) is 0. The lowest BCUT2D eigenvalue weighted by Crippen LogP contribution is -2.53. The lowest BCUT2D eigenvalue weighted by atomic mass is 10.1. The number of alkyl halides is 5. The average molecular weight is 279 g/mol. The van der Waals surface area contributed by atoms with Crippen molar-refractivity contribution in [3.63, 3.8) is 0 Å². The summed E-state index contributed by atoms with van der Waals surface area (Å²) in [5.41, 5.74) is 0.699. The molecule has 0 bridgehead atoms. The number of amides is 1. The molecule has 0 fully saturated rings. The van der Waals surface area contributed by atoms with Crippen LogP contribution in [0.4, 0.5) is 27.6 Å². The molecule has 0 spiro atoms. The van der Waals surface area contributed by atoms with E-state index in [0.717, 1.165) is 0 Å². The number of rotatable bonds is 1. The molecule has 2 rings (SSSR count). The van der Waals surface area contributed by atoms with Gasteiger partial charge in [0.1, 0.15) is 0 Å². The maximum atomic E-state index is 13.1. The summed E-state index contributed by atoms with van der Waals surface area (Å²) in [6.45, 7) is 1.43. The number of hydrogen-bond donors (Lipinski definition) is 0. The van der Waals surface area contributed by atoms with Crippen molar-refractivity contribution in [3.05, 3.63) is 29.8 Å². The predicted molar refractivity (Wildman–Crippen MR) is 58.1 cm³/mol. The number of hydrogen-bond acceptors (Lipinski definition) is 1. The fraction of sp³-hybridized carbons (Fsp3) is 0.417. The number of para-hydroxylation sites is 1. The molecule has 19 heavy (non-hydrogen) atoms. The van der Waals surface area contributed by atoms with Gasteiger partial charge in [0.05, 0.1) is 0 Å². The maximum Gasteiger partial charge on any atom is 0.463 e. The van der Waals surface area contributed by atoms with E-state index in [0.29, 0.717) is 10.5 Å². The molecule has 1 atom stereocenters. The van der Waals surface area contributed by atoms with Crippen molar-refractivity contribution in [1.82, 2.24) is 0 Å². The van der Waals surface area contributed by atoms with Crippen LogP contribution in [0.15, 0.2) is 24.3 Å². The van der Waals surface area contributed by atoms with Crippen molar-refractivity contribution in [3.8, 4) is 0 Å². The number of nitrogens with zero attached hydrogens (tertiary/aromatic N) is 1. The van der Waals surface area contributed by atoms with E-state index < -0.39 is 24.0 Å². The molecule has 1 amide bonds. The molecule has 0 radical (unpaired) electrons. The molecule has 0 saturated carbocycles. The molecule has 1 aliphatic heterocycles. The van der Waals surface area contributed by atoms with E-state index in [2.05, 4.69) is 0 Å². The van der Waals surface area contributed by atoms with E-state index in [9.17, 15) is 26.7 Å². The van der Waals surface area contributed by atoms with Crippen LogP contribution in [-0.4, -0.2) is 24.0 Å². The molecular formula is C12H10F5NO. The standard InChI is InChI=1S/C12H10F5NO/c1-7-6-8-4-2-3-5-9(8)18(7)10(19)11(13,14)12(15,16)17/h2-5,7H,6H2,1H3. The quantitative estimate of drug-likeness (QED) is 0.723. The maximum absolute atomic E-state index is 13.1. The van der Waals surface area contributed by atoms with Crippen LogP contribution in [0.2, 0.25) is 0 Å². The zero-order chi connectivity index (χ0) is 14.4. The smallest absolute Gasteiger partial charge is 0.303 e. The molecule has 1 aromatic carbocycles. The fourth-order valence-electron chi connectivity index (χ4n) is 2.15. The monoisotopic (exact) mass is 279 g/mol. The highest BCUT2D eigenvalue weighted by atomic mass is 19.4. The average Bonchev–Trinajstić information content (AvgIpc) is 2.62. The summed E-state index contributed by atoms with van der Waals surface area (Å²) in [5.74, 6) is -7.60. The summed E-state index contributed by atoms with van der Waals surface area (Å²) in [6.07, 6.45) is -5.63. The molecule has 1 aliphatic rings. The Bertz CT molecular complexity index is 511. The SMILES string of the molecule is CC1Cc2ccccc2N1C(=O)C(F)(F)C(F)(F)F. The number of carbonyl (C=O) groups excluding carboxylic acids is 1. The Kier molecular flexibility index (Phi) is 3.03. The van der Waals surface area contributed by atoms with Crippen molar-refractivity contribution in [1.29, 1.82) is 0 Å². The van der Waals surface area contributed by atoms with Crippen molar-refractivity contribution in [2.24, 2.45) is 0 Å². The minimum Gasteiger partial charge on any atom is -0.303 e. The summed E-state index contributed by atoms with van der Waals surface area (Å²) in [5, 5.41) is 0. The van der Waals surface area contributed by atoms with Gasteiger partial charge >= 0.3 is 18.0 Å². The lowest BCUT2D eigenvalue weighted by Gasteiger charge is -2.28. The molecule has 7 heteroatoms. The van der Waals surface area contributed by atoms with Crippen LogP contribution in [0.3, 0.4) is 0 Å². The van der Waals surface area contributed by atoms with Gasteiger partial charge < -0.3 is 4.90 Å². The Hall–Kier alpha value is -1.66. The molecular weight excluding hydrogens is 269 g/mol. The normalized spacial score (nSPS) is 19.5. The summed E-state index contributed by atoms with van der Waals surface area (Å²) in [4.78, 5) is 12.1. The Morgan fingerprint density at radius 2 is 1.79 bits per heavy atom. The van der Waals surface area contributed by atoms with E-state index >= 15 is 0 Å². The molecule has 2 nitrogen and oxygen atoms in total. The fourth-order valence-corrected chi connectivity index (χ4v) is 2.15. The largest absolute Gasteiger partial charge is 0.463 e. The summed E-state index contributed by atoms with van der Waals surface area (Å²) >= 11 is 0. The third kappa shape index (κ3) is 2.06. The summed E-state index contributed by atoms with van der Waals surface area (Å²) in [6, 6.07) is 5.37. The first kappa shape index (κ1) is 13.8. The van der Waals surface area contributed by atoms with Crippen molar-refractivity contribution < 1.29 is 26.7 Å². The molecule has 0 aliphatic carbocycles. The van der Waals surface area contributed by atoms with E-state index in [-0.39, 0.29) is 12.1 Å². The first-order valence-electron chi connectivity index (χ1n) is 5.52. The van der Waals surface area contributed by atoms with Gasteiger partial charge in [-0.3, -0.25) is 4.79 Å². The minimum atomic E-state index is -5.89. The topological polar surface area (TPSA) is 20.3 Å². The highest BCUT2D eigenvalue weighted by molar-refractivity contribution is 6.01. The highest BCUT2D eigenvalue weighted by Gasteiger charge is 2.65. The molecule has 0 saturated heterocycles. The third-order valence-corrected chi connectivity index (χ3v) is 3.05. The van der Waals surface area contributed by atoms with E-state index in [1.54, 1.807) is 12.1 Å². The van der Waals surface area contributed by atoms with Crippen molar-refractivity contribution in [2.45, 2.75) is 31.5 Å². The van der Waals surface area contributed by atoms with Crippen molar-refractivity contribution in [2.75, 3.05) is 4.90 Å². The molecule has 1 aromatic rings. The zero-order valence-electron chi connectivity index (χ0n) is 9.84. The van der Waals surface area contributed by atoms with Gasteiger partial charge in [0.2, 0.25) is 0 Å². The second-order valence-corrected chi connectivity index (χ2v) is 4.43. The molecule has 1 heterocycles. The minimum absolute atomic E-state index is 0.115. The Labute approximate surface area is 105 Å². The Morgan fingerprint density at radius 3 is 2.37 bits per heavy atom. The van der Waals surface area contributed by atoms with Crippen molar-refractivity contribution >= 4 is 11.6 Å². The first-order valence-corrected chi connectivity index (χ1v) is 5.52. The number of halogens is 5. The van der Waals surface area contributed by atoms with Gasteiger partial charge in [-0.1, -0.05) is 18.2 Å². The number of fused-ring (bicyclic) bond motifs is 1. The van der Waals surface area contributed by atoms with Crippen LogP contribution in [0.5, 0.6) is 0 Å². The number of carbonyl (C=O) groups is 1. The van der Waals surface area contributed by atoms with Crippen LogP contribution in [0.25, 0.3) is 0 Å². The number of benzene rings is 1. The second-order valence-electron chi connectivity index (χ2n) is 4.43. The van der Waals surface area contributed by atoms with E-state index in [4.69, 9.17) is 0 Å². The van der Waals surface area contributed by atoms with Gasteiger partial charge in [-0.05, 0) is 25.0 Å². The van der Waals surface area contributed by atoms with Crippen LogP contribution >= 0.6 is 0 Å². The van der Waals surface area contributed by atoms with Gasteiger partial charge in [-0.2, -0.15) is 22.0 Å². The predicted octanol–water partition coefficient (Wildman–Crippen LogP) is 3.16. The van der Waals surface area contributed by atoms with Crippen LogP contribution in [0.1, 0.15) is 12.5 Å². The van der Waals surface area contributed by atoms with Gasteiger partial charge in [-0.25, -0.2) is 0 Å². The van der Waals surface area contributed by atoms with Gasteiger partial charge in [0, 0.05) is 11.7 Å². The molecule has 0 aromatic heterocycles.